The van der Waals surface area contributed by atoms with Crippen LogP contribution in [0.1, 0.15) is 16.7 Å². The van der Waals surface area contributed by atoms with Crippen molar-refractivity contribution in [2.45, 2.75) is 20.8 Å². The molecule has 0 bridgehead atoms. The van der Waals surface area contributed by atoms with Crippen LogP contribution >= 0.6 is 0 Å². The maximum atomic E-state index is 14.0. The lowest BCUT2D eigenvalue weighted by Crippen LogP contribution is -2.53. The predicted molar refractivity (Wildman–Crippen MR) is 156 cm³/mol. The van der Waals surface area contributed by atoms with Crippen molar-refractivity contribution >= 4 is 29.9 Å². The normalized spacial score (nSPS) is 10.8. The Bertz CT molecular complexity index is 1720. The van der Waals surface area contributed by atoms with Gasteiger partial charge in [-0.15, -0.1) is 0 Å². The van der Waals surface area contributed by atoms with Crippen molar-refractivity contribution in [1.29, 1.82) is 0 Å². The molecule has 11 nitrogen and oxygen atoms in total. The quantitative estimate of drug-likeness (QED) is 0.342. The van der Waals surface area contributed by atoms with Crippen molar-refractivity contribution in [2.75, 3.05) is 36.3 Å². The summed E-state index contributed by atoms with van der Waals surface area (Å²) in [6.45, 7) is 5.20. The zero-order valence-electron chi connectivity index (χ0n) is 23.1. The summed E-state index contributed by atoms with van der Waals surface area (Å²) in [6, 6.07) is 14.9. The predicted octanol–water partition coefficient (Wildman–Crippen LogP) is 2.29. The van der Waals surface area contributed by atoms with Gasteiger partial charge in [0.15, 0.2) is 0 Å². The summed E-state index contributed by atoms with van der Waals surface area (Å²) in [4.78, 5) is 67.2. The molecule has 4 rings (SSSR count). The van der Waals surface area contributed by atoms with Gasteiger partial charge in [0, 0.05) is 38.2 Å². The Hall–Kier alpha value is -5.19. The Morgan fingerprint density at radius 3 is 1.25 bits per heavy atom. The molecule has 0 saturated heterocycles. The first kappa shape index (κ1) is 27.8. The average Bonchev–Trinajstić information content (AvgIpc) is 2.94. The van der Waals surface area contributed by atoms with Gasteiger partial charge >= 0.3 is 17.1 Å². The SMILES string of the molecule is CNc1ccc(-n2c(=O)n(-c3ccc(N(C)C=O)cc3C)c(=O)n(-c3ccc(N(C)C=O)cc3C)c2=O)c(C)c1. The lowest BCUT2D eigenvalue weighted by atomic mass is 10.1. The second kappa shape index (κ2) is 10.9. The number of carbonyl (C=O) groups excluding carboxylic acids is 2. The maximum absolute atomic E-state index is 14.0. The van der Waals surface area contributed by atoms with Crippen LogP contribution in [-0.2, 0) is 9.59 Å². The zero-order chi connectivity index (χ0) is 29.3. The van der Waals surface area contributed by atoms with Crippen LogP contribution in [0, 0.1) is 20.8 Å². The number of hydrogen-bond acceptors (Lipinski definition) is 6. The van der Waals surface area contributed by atoms with Gasteiger partial charge in [0.2, 0.25) is 12.8 Å². The summed E-state index contributed by atoms with van der Waals surface area (Å²) in [6.07, 6.45) is 1.31. The molecule has 1 N–H and O–H groups in total. The van der Waals surface area contributed by atoms with Crippen LogP contribution in [0.5, 0.6) is 0 Å². The van der Waals surface area contributed by atoms with E-state index in [4.69, 9.17) is 0 Å². The van der Waals surface area contributed by atoms with Gasteiger partial charge in [-0.25, -0.2) is 28.1 Å². The highest BCUT2D eigenvalue weighted by Crippen LogP contribution is 2.22. The van der Waals surface area contributed by atoms with Gasteiger partial charge in [-0.1, -0.05) is 0 Å². The highest BCUT2D eigenvalue weighted by Gasteiger charge is 2.22. The molecule has 0 spiro atoms. The molecular weight excluding hydrogens is 512 g/mol. The van der Waals surface area contributed by atoms with Gasteiger partial charge < -0.3 is 15.1 Å². The molecule has 4 aromatic rings. The van der Waals surface area contributed by atoms with Crippen LogP contribution < -0.4 is 32.2 Å². The Labute approximate surface area is 230 Å². The van der Waals surface area contributed by atoms with Gasteiger partial charge in [0.25, 0.3) is 0 Å². The van der Waals surface area contributed by atoms with Crippen LogP contribution in [0.3, 0.4) is 0 Å². The lowest BCUT2D eigenvalue weighted by Gasteiger charge is -2.19. The average molecular weight is 543 g/mol. The van der Waals surface area contributed by atoms with Crippen LogP contribution in [0.2, 0.25) is 0 Å². The number of benzene rings is 3. The second-order valence-electron chi connectivity index (χ2n) is 9.48. The molecule has 1 aromatic heterocycles. The third-order valence-electron chi connectivity index (χ3n) is 6.85. The third-order valence-corrected chi connectivity index (χ3v) is 6.85. The van der Waals surface area contributed by atoms with Gasteiger partial charge in [0.05, 0.1) is 17.1 Å². The monoisotopic (exact) mass is 542 g/mol. The van der Waals surface area contributed by atoms with E-state index in [1.807, 2.05) is 0 Å². The summed E-state index contributed by atoms with van der Waals surface area (Å²) in [5, 5.41) is 3.03. The van der Waals surface area contributed by atoms with E-state index in [9.17, 15) is 24.0 Å². The molecule has 2 amide bonds. The van der Waals surface area contributed by atoms with Gasteiger partial charge in [-0.2, -0.15) is 0 Å². The van der Waals surface area contributed by atoms with Crippen molar-refractivity contribution < 1.29 is 9.59 Å². The number of nitrogens with one attached hydrogen (secondary N) is 1. The summed E-state index contributed by atoms with van der Waals surface area (Å²) in [7, 11) is 4.94. The molecule has 0 fully saturated rings. The first-order valence-corrected chi connectivity index (χ1v) is 12.4. The van der Waals surface area contributed by atoms with E-state index < -0.39 is 17.1 Å². The maximum Gasteiger partial charge on any atom is 0.345 e. The molecule has 0 saturated carbocycles. The first-order valence-electron chi connectivity index (χ1n) is 12.4. The van der Waals surface area contributed by atoms with Gasteiger partial charge in [-0.05, 0) is 92.1 Å². The van der Waals surface area contributed by atoms with E-state index in [0.29, 0.717) is 46.6 Å². The molecule has 1 heterocycles. The van der Waals surface area contributed by atoms with Crippen molar-refractivity contribution in [3.05, 3.63) is 103 Å². The number of nitrogens with zero attached hydrogens (tertiary/aromatic N) is 5. The number of amides is 2. The Balaban J connectivity index is 2.12. The summed E-state index contributed by atoms with van der Waals surface area (Å²) >= 11 is 0. The standard InChI is InChI=1S/C29H30N6O5/c1-18-13-21(30-4)7-10-24(18)33-27(38)34(25-11-8-22(14-19(25)2)31(5)16-36)29(40)35(28(33)39)26-12-9-23(15-20(26)3)32(6)17-37/h7-17,30H,1-6H3. The highest BCUT2D eigenvalue weighted by molar-refractivity contribution is 5.76. The number of anilines is 3. The van der Waals surface area contributed by atoms with E-state index >= 15 is 0 Å². The second-order valence-corrected chi connectivity index (χ2v) is 9.48. The molecule has 11 heteroatoms. The van der Waals surface area contributed by atoms with Crippen molar-refractivity contribution in [1.82, 2.24) is 13.7 Å². The fraction of sp³-hybridized carbons (Fsp3) is 0.207. The Kier molecular flexibility index (Phi) is 7.58. The van der Waals surface area contributed by atoms with Crippen LogP contribution in [0.4, 0.5) is 17.1 Å². The minimum atomic E-state index is -0.852. The number of rotatable bonds is 8. The van der Waals surface area contributed by atoms with Crippen LogP contribution in [0.25, 0.3) is 17.1 Å². The summed E-state index contributed by atoms with van der Waals surface area (Å²) in [5.74, 6) is 0. The summed E-state index contributed by atoms with van der Waals surface area (Å²) < 4.78 is 2.89. The number of carbonyl (C=O) groups is 2. The van der Waals surface area contributed by atoms with E-state index in [2.05, 4.69) is 5.32 Å². The topological polar surface area (TPSA) is 119 Å². The minimum Gasteiger partial charge on any atom is -0.388 e. The molecule has 3 aromatic carbocycles. The highest BCUT2D eigenvalue weighted by atomic mass is 16.2. The Morgan fingerprint density at radius 1 is 0.600 bits per heavy atom. The summed E-state index contributed by atoms with van der Waals surface area (Å²) in [5.41, 5.74) is 2.00. The van der Waals surface area contributed by atoms with Gasteiger partial charge in [0.1, 0.15) is 0 Å². The fourth-order valence-electron chi connectivity index (χ4n) is 4.57. The minimum absolute atomic E-state index is 0.264. The number of aromatic nitrogens is 3. The molecule has 0 aliphatic heterocycles. The van der Waals surface area contributed by atoms with Crippen molar-refractivity contribution in [3.8, 4) is 17.1 Å². The van der Waals surface area contributed by atoms with Crippen LogP contribution in [-0.4, -0.2) is 47.7 Å². The Morgan fingerprint density at radius 2 is 0.950 bits per heavy atom. The third kappa shape index (κ3) is 4.73. The smallest absolute Gasteiger partial charge is 0.345 e. The van der Waals surface area contributed by atoms with E-state index in [1.165, 1.54) is 9.80 Å². The van der Waals surface area contributed by atoms with Gasteiger partial charge in [-0.3, -0.25) is 9.59 Å². The molecule has 0 aliphatic rings. The molecule has 0 unspecified atom stereocenters. The molecule has 0 aliphatic carbocycles. The van der Waals surface area contributed by atoms with E-state index in [-0.39, 0.29) is 11.4 Å². The largest absolute Gasteiger partial charge is 0.388 e. The molecule has 0 atom stereocenters. The number of hydrogen-bond donors (Lipinski definition) is 1. The molecule has 206 valence electrons. The van der Waals surface area contributed by atoms with Crippen molar-refractivity contribution in [2.24, 2.45) is 0 Å². The molecule has 0 radical (unpaired) electrons. The first-order chi connectivity index (χ1) is 19.0. The lowest BCUT2D eigenvalue weighted by molar-refractivity contribution is -0.107. The molecular formula is C29H30N6O5. The molecule has 40 heavy (non-hydrogen) atoms. The van der Waals surface area contributed by atoms with Crippen LogP contribution in [0.15, 0.2) is 69.0 Å². The van der Waals surface area contributed by atoms with E-state index in [0.717, 1.165) is 19.4 Å². The number of aryl methyl sites for hydroxylation is 3. The van der Waals surface area contributed by atoms with Crippen molar-refractivity contribution in [3.63, 3.8) is 0 Å². The fourth-order valence-corrected chi connectivity index (χ4v) is 4.57. The zero-order valence-corrected chi connectivity index (χ0v) is 23.1. The van der Waals surface area contributed by atoms with E-state index in [1.54, 1.807) is 96.5 Å².